The second-order valence-corrected chi connectivity index (χ2v) is 5.54. The van der Waals surface area contributed by atoms with Gasteiger partial charge in [0.25, 0.3) is 0 Å². The lowest BCUT2D eigenvalue weighted by Crippen LogP contribution is -2.06. The number of ether oxygens (including phenoxy) is 3. The molecule has 2 rings (SSSR count). The van der Waals surface area contributed by atoms with E-state index >= 15 is 0 Å². The zero-order valence-corrected chi connectivity index (χ0v) is 14.8. The van der Waals surface area contributed by atoms with Crippen molar-refractivity contribution in [2.45, 2.75) is 26.4 Å². The van der Waals surface area contributed by atoms with Crippen LogP contribution < -0.4 is 14.2 Å². The Morgan fingerprint density at radius 1 is 1.04 bits per heavy atom. The van der Waals surface area contributed by atoms with E-state index in [9.17, 15) is 23.3 Å². The molecule has 0 aromatic heterocycles. The van der Waals surface area contributed by atoms with Crippen LogP contribution in [0.5, 0.6) is 17.2 Å². The van der Waals surface area contributed by atoms with Crippen molar-refractivity contribution in [3.05, 3.63) is 57.4 Å². The number of hydrogen-bond acceptors (Lipinski definition) is 5. The Morgan fingerprint density at radius 3 is 2.37 bits per heavy atom. The van der Waals surface area contributed by atoms with Gasteiger partial charge in [-0.3, -0.25) is 10.1 Å². The first kappa shape index (κ1) is 20.3. The van der Waals surface area contributed by atoms with E-state index in [0.717, 1.165) is 24.6 Å². The number of halogens is 3. The normalized spacial score (nSPS) is 10.6. The first-order chi connectivity index (χ1) is 12.9. The number of nitro benzene ring substituents is 1. The van der Waals surface area contributed by atoms with Crippen LogP contribution in [0.4, 0.5) is 18.9 Å². The molecule has 2 aromatic rings. The number of hydrogen-bond donors (Lipinski definition) is 0. The van der Waals surface area contributed by atoms with E-state index in [4.69, 9.17) is 14.2 Å². The minimum atomic E-state index is -1.17. The Balaban J connectivity index is 2.35. The largest absolute Gasteiger partial charge is 0.496 e. The molecule has 0 aliphatic carbocycles. The Labute approximate surface area is 153 Å². The standard InChI is InChI=1S/C18H18F3NO5/c1-3-4-7-26-16-8-13(20)14(22(23)24)9-17(16)27-10-11-15(25-2)6-5-12(19)18(11)21/h5-6,8-9H,3-4,7,10H2,1-2H3. The van der Waals surface area contributed by atoms with E-state index < -0.39 is 34.7 Å². The summed E-state index contributed by atoms with van der Waals surface area (Å²) in [5, 5.41) is 11.0. The number of nitrogens with zero attached hydrogens (tertiary/aromatic N) is 1. The molecular formula is C18H18F3NO5. The molecule has 0 fully saturated rings. The molecule has 0 heterocycles. The highest BCUT2D eigenvalue weighted by atomic mass is 19.2. The monoisotopic (exact) mass is 385 g/mol. The van der Waals surface area contributed by atoms with Crippen LogP contribution in [0.25, 0.3) is 0 Å². The van der Waals surface area contributed by atoms with Crippen LogP contribution in [0.15, 0.2) is 24.3 Å². The summed E-state index contributed by atoms with van der Waals surface area (Å²) in [6, 6.07) is 3.81. The Hall–Kier alpha value is -2.97. The summed E-state index contributed by atoms with van der Waals surface area (Å²) < 4.78 is 57.2. The van der Waals surface area contributed by atoms with E-state index in [-0.39, 0.29) is 29.4 Å². The number of methoxy groups -OCH3 is 1. The first-order valence-corrected chi connectivity index (χ1v) is 8.13. The summed E-state index contributed by atoms with van der Waals surface area (Å²) in [4.78, 5) is 10.0. The summed E-state index contributed by atoms with van der Waals surface area (Å²) in [5.41, 5.74) is -1.04. The minimum absolute atomic E-state index is 0.0407. The van der Waals surface area contributed by atoms with Gasteiger partial charge in [-0.1, -0.05) is 13.3 Å². The van der Waals surface area contributed by atoms with E-state index in [1.165, 1.54) is 13.2 Å². The molecule has 0 saturated carbocycles. The van der Waals surface area contributed by atoms with Gasteiger partial charge in [-0.25, -0.2) is 8.78 Å². The maximum atomic E-state index is 14.0. The fourth-order valence-electron chi connectivity index (χ4n) is 2.27. The molecule has 9 heteroatoms. The summed E-state index contributed by atoms with van der Waals surface area (Å²) >= 11 is 0. The lowest BCUT2D eigenvalue weighted by Gasteiger charge is -2.15. The number of unbranched alkanes of at least 4 members (excludes halogenated alkanes) is 1. The topological polar surface area (TPSA) is 70.8 Å². The maximum Gasteiger partial charge on any atom is 0.308 e. The van der Waals surface area contributed by atoms with Crippen LogP contribution in [0.3, 0.4) is 0 Å². The predicted octanol–water partition coefficient (Wildman–Crippen LogP) is 4.78. The molecule has 0 atom stereocenters. The van der Waals surface area contributed by atoms with Gasteiger partial charge in [0.2, 0.25) is 5.82 Å². The average molecular weight is 385 g/mol. The second-order valence-electron chi connectivity index (χ2n) is 5.54. The Bertz CT molecular complexity index is 829. The maximum absolute atomic E-state index is 14.0. The molecule has 0 bridgehead atoms. The van der Waals surface area contributed by atoms with Crippen molar-refractivity contribution < 1.29 is 32.3 Å². The second kappa shape index (κ2) is 9.11. The third-order valence-electron chi connectivity index (χ3n) is 3.71. The predicted molar refractivity (Wildman–Crippen MR) is 90.7 cm³/mol. The lowest BCUT2D eigenvalue weighted by atomic mass is 10.2. The lowest BCUT2D eigenvalue weighted by molar-refractivity contribution is -0.387. The third kappa shape index (κ3) is 4.81. The van der Waals surface area contributed by atoms with Gasteiger partial charge >= 0.3 is 5.69 Å². The van der Waals surface area contributed by atoms with Crippen LogP contribution in [0.1, 0.15) is 25.3 Å². The smallest absolute Gasteiger partial charge is 0.308 e. The fraction of sp³-hybridized carbons (Fsp3) is 0.333. The number of benzene rings is 2. The van der Waals surface area contributed by atoms with Gasteiger partial charge in [0.1, 0.15) is 12.4 Å². The third-order valence-corrected chi connectivity index (χ3v) is 3.71. The highest BCUT2D eigenvalue weighted by molar-refractivity contribution is 5.50. The molecule has 0 amide bonds. The quantitative estimate of drug-likeness (QED) is 0.353. The number of rotatable bonds is 9. The van der Waals surface area contributed by atoms with Gasteiger partial charge in [0, 0.05) is 6.07 Å². The SMILES string of the molecule is CCCCOc1cc(F)c([N+](=O)[O-])cc1OCc1c(OC)ccc(F)c1F. The van der Waals surface area contributed by atoms with Crippen molar-refractivity contribution >= 4 is 5.69 Å². The average Bonchev–Trinajstić information content (AvgIpc) is 2.64. The Morgan fingerprint density at radius 2 is 1.74 bits per heavy atom. The molecule has 27 heavy (non-hydrogen) atoms. The van der Waals surface area contributed by atoms with Crippen LogP contribution in [-0.2, 0) is 6.61 Å². The van der Waals surface area contributed by atoms with Crippen LogP contribution in [0, 0.1) is 27.6 Å². The minimum Gasteiger partial charge on any atom is -0.496 e. The van der Waals surface area contributed by atoms with Crippen molar-refractivity contribution in [1.82, 2.24) is 0 Å². The van der Waals surface area contributed by atoms with E-state index in [0.29, 0.717) is 6.42 Å². The summed E-state index contributed by atoms with van der Waals surface area (Å²) in [7, 11) is 1.28. The molecule has 0 N–H and O–H groups in total. The van der Waals surface area contributed by atoms with Crippen LogP contribution in [-0.4, -0.2) is 18.6 Å². The van der Waals surface area contributed by atoms with Crippen molar-refractivity contribution in [2.75, 3.05) is 13.7 Å². The molecule has 2 aromatic carbocycles. The molecule has 6 nitrogen and oxygen atoms in total. The van der Waals surface area contributed by atoms with E-state index in [1.54, 1.807) is 0 Å². The molecule has 146 valence electrons. The van der Waals surface area contributed by atoms with E-state index in [2.05, 4.69) is 0 Å². The van der Waals surface area contributed by atoms with Gasteiger partial charge in [0.15, 0.2) is 23.1 Å². The van der Waals surface area contributed by atoms with Gasteiger partial charge in [-0.05, 0) is 18.6 Å². The first-order valence-electron chi connectivity index (χ1n) is 8.13. The van der Waals surface area contributed by atoms with Gasteiger partial charge in [-0.15, -0.1) is 0 Å². The van der Waals surface area contributed by atoms with Crippen molar-refractivity contribution in [3.63, 3.8) is 0 Å². The molecule has 0 aliphatic rings. The van der Waals surface area contributed by atoms with Gasteiger partial charge in [-0.2, -0.15) is 4.39 Å². The van der Waals surface area contributed by atoms with Crippen molar-refractivity contribution in [3.8, 4) is 17.2 Å². The molecule has 0 aliphatic heterocycles. The molecular weight excluding hydrogens is 367 g/mol. The Kier molecular flexibility index (Phi) is 6.86. The fourth-order valence-corrected chi connectivity index (χ4v) is 2.27. The zero-order chi connectivity index (χ0) is 20.0. The van der Waals surface area contributed by atoms with Crippen molar-refractivity contribution in [1.29, 1.82) is 0 Å². The molecule has 0 radical (unpaired) electrons. The summed E-state index contributed by atoms with van der Waals surface area (Å²) in [5.74, 6) is -3.54. The highest BCUT2D eigenvalue weighted by Crippen LogP contribution is 2.35. The summed E-state index contributed by atoms with van der Waals surface area (Å²) in [6.45, 7) is 1.66. The molecule has 0 unspecified atom stereocenters. The van der Waals surface area contributed by atoms with E-state index in [1.807, 2.05) is 6.92 Å². The van der Waals surface area contributed by atoms with Crippen LogP contribution >= 0.6 is 0 Å². The zero-order valence-electron chi connectivity index (χ0n) is 14.8. The van der Waals surface area contributed by atoms with Gasteiger partial charge < -0.3 is 14.2 Å². The van der Waals surface area contributed by atoms with Gasteiger partial charge in [0.05, 0.1) is 30.3 Å². The molecule has 0 spiro atoms. The molecule has 0 saturated heterocycles. The summed E-state index contributed by atoms with van der Waals surface area (Å²) in [6.07, 6.45) is 1.49. The highest BCUT2D eigenvalue weighted by Gasteiger charge is 2.22. The van der Waals surface area contributed by atoms with Crippen LogP contribution in [0.2, 0.25) is 0 Å². The number of nitro groups is 1. The van der Waals surface area contributed by atoms with Crippen molar-refractivity contribution in [2.24, 2.45) is 0 Å².